The molecule has 0 radical (unpaired) electrons. The van der Waals surface area contributed by atoms with Crippen LogP contribution >= 0.6 is 15.6 Å². The van der Waals surface area contributed by atoms with Crippen molar-refractivity contribution in [3.05, 3.63) is 0 Å². The summed E-state index contributed by atoms with van der Waals surface area (Å²) in [5, 5.41) is 10.6. The molecular formula is C73H142O17P2. The zero-order valence-electron chi connectivity index (χ0n) is 60.2. The van der Waals surface area contributed by atoms with Crippen molar-refractivity contribution >= 4 is 39.5 Å². The second kappa shape index (κ2) is 62.6. The second-order valence-corrected chi connectivity index (χ2v) is 30.7. The van der Waals surface area contributed by atoms with E-state index in [9.17, 15) is 43.2 Å². The number of aliphatic hydroxyl groups excluding tert-OH is 1. The maximum atomic E-state index is 13.0. The highest BCUT2D eigenvalue weighted by Crippen LogP contribution is 2.45. The molecule has 0 spiro atoms. The fraction of sp³-hybridized carbons (Fsp3) is 0.945. The smallest absolute Gasteiger partial charge is 0.462 e. The highest BCUT2D eigenvalue weighted by atomic mass is 31.2. The van der Waals surface area contributed by atoms with Crippen molar-refractivity contribution in [2.45, 2.75) is 382 Å². The SMILES string of the molecule is CCC(C)CCCCCCCCCCCCCCCCCCCCC(=O)O[C@H](COC(=O)CCCCCCCCCC(C)C)COP(=O)(O)OCC(O)COP(=O)(O)OC[C@@H](COC(=O)CCCCCCCCCC(C)C)OC(=O)CCCCCCCCC(C)CC. The molecule has 5 unspecified atom stereocenters. The van der Waals surface area contributed by atoms with Gasteiger partial charge in [0.2, 0.25) is 0 Å². The van der Waals surface area contributed by atoms with E-state index in [1.165, 1.54) is 154 Å². The Hall–Kier alpha value is -1.94. The molecule has 546 valence electrons. The number of esters is 4. The van der Waals surface area contributed by atoms with Crippen LogP contribution in [-0.2, 0) is 65.4 Å². The average molecular weight is 1350 g/mol. The summed E-state index contributed by atoms with van der Waals surface area (Å²) in [6, 6.07) is 0. The molecule has 92 heavy (non-hydrogen) atoms. The van der Waals surface area contributed by atoms with Crippen molar-refractivity contribution in [3.8, 4) is 0 Å². The zero-order chi connectivity index (χ0) is 68.2. The van der Waals surface area contributed by atoms with E-state index < -0.39 is 97.5 Å². The largest absolute Gasteiger partial charge is 0.472 e. The van der Waals surface area contributed by atoms with Crippen LogP contribution in [0, 0.1) is 23.7 Å². The highest BCUT2D eigenvalue weighted by molar-refractivity contribution is 7.47. The van der Waals surface area contributed by atoms with Crippen LogP contribution in [0.1, 0.15) is 364 Å². The molecule has 7 atom stereocenters. The Morgan fingerprint density at radius 2 is 0.522 bits per heavy atom. The minimum Gasteiger partial charge on any atom is -0.462 e. The number of phosphoric acid groups is 2. The van der Waals surface area contributed by atoms with Gasteiger partial charge >= 0.3 is 39.5 Å². The third kappa shape index (κ3) is 64.1. The van der Waals surface area contributed by atoms with Gasteiger partial charge in [0.25, 0.3) is 0 Å². The van der Waals surface area contributed by atoms with Crippen LogP contribution in [-0.4, -0.2) is 96.7 Å². The number of phosphoric ester groups is 2. The topological polar surface area (TPSA) is 237 Å². The summed E-state index contributed by atoms with van der Waals surface area (Å²) in [6.07, 6.45) is 46.2. The average Bonchev–Trinajstić information content (AvgIpc) is 2.40. The molecule has 0 aliphatic heterocycles. The number of hydrogen-bond acceptors (Lipinski definition) is 15. The van der Waals surface area contributed by atoms with Crippen LogP contribution in [0.25, 0.3) is 0 Å². The van der Waals surface area contributed by atoms with E-state index in [-0.39, 0.29) is 25.7 Å². The lowest BCUT2D eigenvalue weighted by Gasteiger charge is -2.21. The second-order valence-electron chi connectivity index (χ2n) is 27.8. The molecule has 0 aliphatic rings. The Bertz CT molecular complexity index is 1820. The van der Waals surface area contributed by atoms with Crippen LogP contribution in [0.4, 0.5) is 0 Å². The Labute approximate surface area is 562 Å². The first-order chi connectivity index (χ1) is 44.2. The first kappa shape index (κ1) is 90.1. The molecule has 0 amide bonds. The first-order valence-electron chi connectivity index (χ1n) is 37.8. The van der Waals surface area contributed by atoms with Crippen LogP contribution in [0.2, 0.25) is 0 Å². The molecule has 3 N–H and O–H groups in total. The van der Waals surface area contributed by atoms with Crippen molar-refractivity contribution in [2.24, 2.45) is 23.7 Å². The number of rotatable bonds is 70. The summed E-state index contributed by atoms with van der Waals surface area (Å²) in [6.45, 7) is 14.1. The maximum Gasteiger partial charge on any atom is 0.472 e. The maximum absolute atomic E-state index is 13.0. The van der Waals surface area contributed by atoms with E-state index in [4.69, 9.17) is 37.0 Å². The molecular weight excluding hydrogens is 1210 g/mol. The number of carbonyl (C=O) groups is 4. The van der Waals surface area contributed by atoms with Gasteiger partial charge in [0.05, 0.1) is 26.4 Å². The Balaban J connectivity index is 5.15. The fourth-order valence-corrected chi connectivity index (χ4v) is 12.5. The lowest BCUT2D eigenvalue weighted by atomic mass is 9.99. The van der Waals surface area contributed by atoms with E-state index in [0.29, 0.717) is 37.5 Å². The molecule has 0 saturated heterocycles. The van der Waals surface area contributed by atoms with Crippen molar-refractivity contribution in [3.63, 3.8) is 0 Å². The lowest BCUT2D eigenvalue weighted by molar-refractivity contribution is -0.161. The molecule has 0 aromatic rings. The molecule has 19 heteroatoms. The third-order valence-corrected chi connectivity index (χ3v) is 19.4. The minimum atomic E-state index is -4.95. The fourth-order valence-electron chi connectivity index (χ4n) is 11.0. The summed E-state index contributed by atoms with van der Waals surface area (Å²) >= 11 is 0. The van der Waals surface area contributed by atoms with Gasteiger partial charge in [0.1, 0.15) is 19.3 Å². The Kier molecular flexibility index (Phi) is 61.3. The number of carbonyl (C=O) groups excluding carboxylic acids is 4. The summed E-state index contributed by atoms with van der Waals surface area (Å²) in [5.41, 5.74) is 0. The molecule has 0 rings (SSSR count). The summed E-state index contributed by atoms with van der Waals surface area (Å²) < 4.78 is 68.3. The van der Waals surface area contributed by atoms with Crippen molar-refractivity contribution in [2.75, 3.05) is 39.6 Å². The molecule has 0 fully saturated rings. The summed E-state index contributed by atoms with van der Waals surface area (Å²) in [7, 11) is -9.90. The summed E-state index contributed by atoms with van der Waals surface area (Å²) in [5.74, 6) is 0.870. The molecule has 0 aromatic carbocycles. The van der Waals surface area contributed by atoms with E-state index in [1.807, 2.05) is 0 Å². The number of unbranched alkanes of at least 4 members (excludes halogenated alkanes) is 34. The van der Waals surface area contributed by atoms with Crippen LogP contribution < -0.4 is 0 Å². The molecule has 0 bridgehead atoms. The number of hydrogen-bond donors (Lipinski definition) is 3. The van der Waals surface area contributed by atoms with Gasteiger partial charge in [-0.2, -0.15) is 0 Å². The molecule has 0 saturated carbocycles. The van der Waals surface area contributed by atoms with Crippen LogP contribution in [0.15, 0.2) is 0 Å². The summed E-state index contributed by atoms with van der Waals surface area (Å²) in [4.78, 5) is 72.5. The van der Waals surface area contributed by atoms with Crippen LogP contribution in [0.3, 0.4) is 0 Å². The van der Waals surface area contributed by atoms with Crippen molar-refractivity contribution in [1.82, 2.24) is 0 Å². The van der Waals surface area contributed by atoms with Gasteiger partial charge in [-0.05, 0) is 49.4 Å². The van der Waals surface area contributed by atoms with Gasteiger partial charge in [0.15, 0.2) is 12.2 Å². The van der Waals surface area contributed by atoms with Gasteiger partial charge in [-0.1, -0.05) is 312 Å². The lowest BCUT2D eigenvalue weighted by Crippen LogP contribution is -2.30. The van der Waals surface area contributed by atoms with Crippen molar-refractivity contribution in [1.29, 1.82) is 0 Å². The predicted molar refractivity (Wildman–Crippen MR) is 372 cm³/mol. The molecule has 0 heterocycles. The Morgan fingerprint density at radius 3 is 0.772 bits per heavy atom. The normalized spacial score (nSPS) is 14.8. The predicted octanol–water partition coefficient (Wildman–Crippen LogP) is 20.9. The first-order valence-corrected chi connectivity index (χ1v) is 40.8. The minimum absolute atomic E-state index is 0.102. The number of aliphatic hydroxyl groups is 1. The quantitative estimate of drug-likeness (QED) is 0.0222. The molecule has 17 nitrogen and oxygen atoms in total. The van der Waals surface area contributed by atoms with E-state index in [1.54, 1.807) is 0 Å². The van der Waals surface area contributed by atoms with Gasteiger partial charge in [-0.15, -0.1) is 0 Å². The molecule has 0 aliphatic carbocycles. The van der Waals surface area contributed by atoms with E-state index >= 15 is 0 Å². The standard InChI is InChI=1S/C73H142O17P2/c1-9-65(7)51-43-35-27-21-19-17-15-13-11-12-14-16-18-20-22-28-39-47-55-72(77)89-68(59-83-70(75)53-45-37-29-23-25-33-41-49-63(3)4)61-87-91(79,80)85-57-67(74)58-86-92(81,82)88-62-69(90-73(78)56-48-40-32-31-36-44-52-66(8)10-2)60-84-71(76)54-46-38-30-24-26-34-42-50-64(5)6/h63-69,74H,9-62H2,1-8H3,(H,79,80)(H,81,82)/t65?,66?,67?,68-,69-/m1/s1. The zero-order valence-corrected chi connectivity index (χ0v) is 62.0. The highest BCUT2D eigenvalue weighted by Gasteiger charge is 2.30. The third-order valence-electron chi connectivity index (χ3n) is 17.5. The van der Waals surface area contributed by atoms with E-state index in [2.05, 4.69) is 55.4 Å². The molecule has 0 aromatic heterocycles. The monoisotopic (exact) mass is 1350 g/mol. The van der Waals surface area contributed by atoms with Gasteiger partial charge in [-0.3, -0.25) is 37.3 Å². The number of ether oxygens (including phenoxy) is 4. The van der Waals surface area contributed by atoms with Gasteiger partial charge < -0.3 is 33.8 Å². The van der Waals surface area contributed by atoms with Crippen LogP contribution in [0.5, 0.6) is 0 Å². The van der Waals surface area contributed by atoms with Gasteiger partial charge in [0, 0.05) is 25.7 Å². The Morgan fingerprint density at radius 1 is 0.304 bits per heavy atom. The van der Waals surface area contributed by atoms with E-state index in [0.717, 1.165) is 115 Å². The van der Waals surface area contributed by atoms with Gasteiger partial charge in [-0.25, -0.2) is 9.13 Å². The van der Waals surface area contributed by atoms with Crippen molar-refractivity contribution < 1.29 is 80.2 Å².